The largest absolute Gasteiger partial charge is 0.494 e. The van der Waals surface area contributed by atoms with E-state index in [-0.39, 0.29) is 10.2 Å². The van der Waals surface area contributed by atoms with Gasteiger partial charge in [0.05, 0.1) is 16.8 Å². The number of thioether (sulfide) groups is 2. The molecule has 0 aromatic heterocycles. The van der Waals surface area contributed by atoms with E-state index < -0.39 is 0 Å². The summed E-state index contributed by atoms with van der Waals surface area (Å²) in [4.78, 5) is 0. The maximum Gasteiger partial charge on any atom is 0.119 e. The lowest BCUT2D eigenvalue weighted by molar-refractivity contribution is 0.147. The summed E-state index contributed by atoms with van der Waals surface area (Å²) in [5, 5.41) is 10.9. The fraction of sp³-hybridized carbons (Fsp3) is 0.625. The first kappa shape index (κ1) is 29.5. The van der Waals surface area contributed by atoms with Gasteiger partial charge in [-0.05, 0) is 59.6 Å². The van der Waals surface area contributed by atoms with Gasteiger partial charge in [0.1, 0.15) is 5.75 Å². The van der Waals surface area contributed by atoms with Gasteiger partial charge in [-0.2, -0.15) is 0 Å². The summed E-state index contributed by atoms with van der Waals surface area (Å²) in [6.07, 6.45) is 15.4. The van der Waals surface area contributed by atoms with E-state index >= 15 is 0 Å². The predicted molar refractivity (Wildman–Crippen MR) is 161 cm³/mol. The van der Waals surface area contributed by atoms with E-state index in [2.05, 4.69) is 62.4 Å². The Kier molecular flexibility index (Phi) is 13.6. The number of aliphatic hydroxyl groups is 1. The number of ether oxygens (including phenoxy) is 1. The van der Waals surface area contributed by atoms with Gasteiger partial charge < -0.3 is 9.84 Å². The zero-order valence-electron chi connectivity index (χ0n) is 22.7. The Balaban J connectivity index is 1.55. The average Bonchev–Trinajstić information content (AvgIpc) is 2.91. The average molecular weight is 529 g/mol. The smallest absolute Gasteiger partial charge is 0.119 e. The van der Waals surface area contributed by atoms with E-state index in [0.717, 1.165) is 38.0 Å². The van der Waals surface area contributed by atoms with Crippen molar-refractivity contribution in [2.75, 3.05) is 18.1 Å². The molecule has 200 valence electrons. The van der Waals surface area contributed by atoms with Crippen LogP contribution in [0.5, 0.6) is 5.75 Å². The molecule has 0 saturated carbocycles. The van der Waals surface area contributed by atoms with Crippen molar-refractivity contribution in [1.82, 2.24) is 0 Å². The second kappa shape index (κ2) is 16.7. The Bertz CT molecular complexity index is 828. The molecule has 1 aliphatic rings. The minimum Gasteiger partial charge on any atom is -0.494 e. The van der Waals surface area contributed by atoms with Gasteiger partial charge in [-0.1, -0.05) is 108 Å². The van der Waals surface area contributed by atoms with Crippen LogP contribution in [0.2, 0.25) is 0 Å². The van der Waals surface area contributed by atoms with E-state index in [0.29, 0.717) is 0 Å². The molecule has 1 N–H and O–H groups in total. The van der Waals surface area contributed by atoms with Gasteiger partial charge in [0.15, 0.2) is 0 Å². The Labute approximate surface area is 229 Å². The van der Waals surface area contributed by atoms with Gasteiger partial charge >= 0.3 is 0 Å². The van der Waals surface area contributed by atoms with Crippen LogP contribution >= 0.6 is 23.5 Å². The van der Waals surface area contributed by atoms with E-state index in [1.54, 1.807) is 0 Å². The van der Waals surface area contributed by atoms with Gasteiger partial charge in [-0.3, -0.25) is 0 Å². The molecule has 4 heteroatoms. The van der Waals surface area contributed by atoms with Crippen LogP contribution in [0.4, 0.5) is 0 Å². The predicted octanol–water partition coefficient (Wildman–Crippen LogP) is 9.84. The van der Waals surface area contributed by atoms with Crippen molar-refractivity contribution in [3.05, 3.63) is 54.1 Å². The van der Waals surface area contributed by atoms with Gasteiger partial charge in [0.25, 0.3) is 0 Å². The van der Waals surface area contributed by atoms with Crippen LogP contribution in [0.25, 0.3) is 11.1 Å². The lowest BCUT2D eigenvalue weighted by atomic mass is 9.98. The van der Waals surface area contributed by atoms with Gasteiger partial charge in [-0.15, -0.1) is 23.5 Å². The number of aliphatic hydroxyl groups excluding tert-OH is 1. The van der Waals surface area contributed by atoms with Crippen LogP contribution in [-0.2, 0) is 4.08 Å². The maximum atomic E-state index is 10.9. The van der Waals surface area contributed by atoms with Crippen molar-refractivity contribution < 1.29 is 9.84 Å². The van der Waals surface area contributed by atoms with Crippen molar-refractivity contribution in [3.8, 4) is 16.9 Å². The number of hydrogen-bond acceptors (Lipinski definition) is 4. The van der Waals surface area contributed by atoms with Crippen LogP contribution in [-0.4, -0.2) is 29.3 Å². The van der Waals surface area contributed by atoms with Gasteiger partial charge in [0.2, 0.25) is 0 Å². The first-order valence-corrected chi connectivity index (χ1v) is 16.4. The minimum atomic E-state index is -0.219. The van der Waals surface area contributed by atoms with E-state index in [1.807, 2.05) is 23.5 Å². The summed E-state index contributed by atoms with van der Waals surface area (Å²) >= 11 is 4.08. The lowest BCUT2D eigenvalue weighted by Crippen LogP contribution is -2.28. The third-order valence-corrected chi connectivity index (χ3v) is 10.6. The molecule has 2 aromatic carbocycles. The van der Waals surface area contributed by atoms with Crippen LogP contribution in [0, 0.1) is 0 Å². The van der Waals surface area contributed by atoms with Crippen molar-refractivity contribution in [3.63, 3.8) is 0 Å². The van der Waals surface area contributed by atoms with E-state index in [9.17, 15) is 5.11 Å². The Morgan fingerprint density at radius 1 is 0.750 bits per heavy atom. The van der Waals surface area contributed by atoms with Crippen molar-refractivity contribution >= 4 is 23.5 Å². The number of hydrogen-bond donors (Lipinski definition) is 1. The van der Waals surface area contributed by atoms with Crippen molar-refractivity contribution in [2.45, 2.75) is 108 Å². The molecule has 1 heterocycles. The third-order valence-electron chi connectivity index (χ3n) is 7.13. The molecule has 0 aliphatic carbocycles. The van der Waals surface area contributed by atoms with E-state index in [1.165, 1.54) is 86.0 Å². The fourth-order valence-corrected chi connectivity index (χ4v) is 8.41. The van der Waals surface area contributed by atoms with Crippen LogP contribution in [0.3, 0.4) is 0 Å². The van der Waals surface area contributed by atoms with Gasteiger partial charge in [-0.25, -0.2) is 0 Å². The highest BCUT2D eigenvalue weighted by atomic mass is 32.2. The quantitative estimate of drug-likeness (QED) is 0.207. The molecular formula is C32H48O2S2. The number of benzene rings is 2. The molecule has 1 fully saturated rings. The highest BCUT2D eigenvalue weighted by Gasteiger charge is 2.37. The fourth-order valence-electron chi connectivity index (χ4n) is 4.93. The first-order chi connectivity index (χ1) is 17.7. The Hall–Kier alpha value is -1.10. The topological polar surface area (TPSA) is 29.5 Å². The standard InChI is InChI=1S/C32H48O2S2/c1-3-5-7-9-10-12-23-34-31-21-17-28(18-22-31)27-15-19-29(20-16-27)32(35-24-13-25-36-32)26-30(33)14-11-8-6-4-2/h15-22,30,33H,3-14,23-26H2,1-2H3/t30-/m1/s1. The molecule has 2 nitrogen and oxygen atoms in total. The second-order valence-corrected chi connectivity index (χ2v) is 13.3. The zero-order chi connectivity index (χ0) is 25.5. The molecule has 2 aromatic rings. The molecule has 0 unspecified atom stereocenters. The molecular weight excluding hydrogens is 480 g/mol. The molecule has 0 spiro atoms. The highest BCUT2D eigenvalue weighted by Crippen LogP contribution is 2.53. The SMILES string of the molecule is CCCCCCCCOc1ccc(-c2ccc(C3(C[C@H](O)CCCCCC)SCCCS3)cc2)cc1. The zero-order valence-corrected chi connectivity index (χ0v) is 24.3. The Morgan fingerprint density at radius 2 is 1.31 bits per heavy atom. The second-order valence-electron chi connectivity index (χ2n) is 10.2. The number of unbranched alkanes of at least 4 members (excludes halogenated alkanes) is 8. The molecule has 0 radical (unpaired) electrons. The summed E-state index contributed by atoms with van der Waals surface area (Å²) in [5.74, 6) is 3.32. The molecule has 0 bridgehead atoms. The summed E-state index contributed by atoms with van der Waals surface area (Å²) in [6, 6.07) is 17.7. The number of rotatable bonds is 17. The Morgan fingerprint density at radius 3 is 1.94 bits per heavy atom. The minimum absolute atomic E-state index is 0.0187. The maximum absolute atomic E-state index is 10.9. The third kappa shape index (κ3) is 9.65. The van der Waals surface area contributed by atoms with Crippen molar-refractivity contribution in [2.24, 2.45) is 0 Å². The summed E-state index contributed by atoms with van der Waals surface area (Å²) in [7, 11) is 0. The summed E-state index contributed by atoms with van der Waals surface area (Å²) in [6.45, 7) is 5.31. The van der Waals surface area contributed by atoms with E-state index in [4.69, 9.17) is 4.74 Å². The molecule has 0 amide bonds. The molecule has 1 atom stereocenters. The van der Waals surface area contributed by atoms with Gasteiger partial charge in [0, 0.05) is 6.42 Å². The normalized spacial score (nSPS) is 16.1. The molecule has 1 aliphatic heterocycles. The molecule has 36 heavy (non-hydrogen) atoms. The van der Waals surface area contributed by atoms with Crippen LogP contribution < -0.4 is 4.74 Å². The molecule has 1 saturated heterocycles. The summed E-state index contributed by atoms with van der Waals surface area (Å²) < 4.78 is 5.95. The lowest BCUT2D eigenvalue weighted by Gasteiger charge is -2.38. The highest BCUT2D eigenvalue weighted by molar-refractivity contribution is 8.18. The van der Waals surface area contributed by atoms with Crippen molar-refractivity contribution in [1.29, 1.82) is 0 Å². The van der Waals surface area contributed by atoms with Crippen LogP contribution in [0.1, 0.15) is 103 Å². The summed E-state index contributed by atoms with van der Waals surface area (Å²) in [5.41, 5.74) is 3.82. The van der Waals surface area contributed by atoms with Crippen LogP contribution in [0.15, 0.2) is 48.5 Å². The first-order valence-electron chi connectivity index (χ1n) is 14.5. The monoisotopic (exact) mass is 528 g/mol. The molecule has 3 rings (SSSR count).